The summed E-state index contributed by atoms with van der Waals surface area (Å²) in [6.07, 6.45) is 2.65. The number of carbonyl (C=O) groups excluding carboxylic acids is 2. The van der Waals surface area contributed by atoms with Gasteiger partial charge in [-0.3, -0.25) is 9.59 Å². The van der Waals surface area contributed by atoms with Crippen LogP contribution in [0.5, 0.6) is 0 Å². The minimum Gasteiger partial charge on any atom is -0.341 e. The second-order valence-electron chi connectivity index (χ2n) is 6.91. The van der Waals surface area contributed by atoms with Gasteiger partial charge in [-0.05, 0) is 63.1 Å². The molecule has 3 rings (SSSR count). The number of hydrogen-bond acceptors (Lipinski definition) is 2. The van der Waals surface area contributed by atoms with E-state index in [9.17, 15) is 9.59 Å². The van der Waals surface area contributed by atoms with E-state index in [-0.39, 0.29) is 18.4 Å². The molecule has 1 N–H and O–H groups in total. The van der Waals surface area contributed by atoms with E-state index in [2.05, 4.69) is 17.2 Å². The van der Waals surface area contributed by atoms with Gasteiger partial charge >= 0.3 is 0 Å². The molecule has 0 bridgehead atoms. The molecule has 4 nitrogen and oxygen atoms in total. The summed E-state index contributed by atoms with van der Waals surface area (Å²) >= 11 is 0. The van der Waals surface area contributed by atoms with Gasteiger partial charge in [-0.1, -0.05) is 29.0 Å². The lowest BCUT2D eigenvalue weighted by Crippen LogP contribution is -2.35. The second-order valence-corrected chi connectivity index (χ2v) is 6.91. The van der Waals surface area contributed by atoms with Gasteiger partial charge in [-0.15, -0.1) is 0 Å². The first-order chi connectivity index (χ1) is 13.0. The molecule has 0 saturated carbocycles. The van der Waals surface area contributed by atoms with Crippen LogP contribution in [0.1, 0.15) is 46.3 Å². The highest BCUT2D eigenvalue weighted by atomic mass is 16.2. The van der Waals surface area contributed by atoms with E-state index in [0.29, 0.717) is 12.0 Å². The maximum Gasteiger partial charge on any atom is 0.252 e. The van der Waals surface area contributed by atoms with Crippen molar-refractivity contribution in [3.8, 4) is 11.8 Å². The first-order valence-corrected chi connectivity index (χ1v) is 9.29. The van der Waals surface area contributed by atoms with Crippen LogP contribution in [0.15, 0.2) is 42.5 Å². The molecule has 27 heavy (non-hydrogen) atoms. The predicted octanol–water partition coefficient (Wildman–Crippen LogP) is 3.60. The van der Waals surface area contributed by atoms with E-state index in [1.807, 2.05) is 61.2 Å². The Morgan fingerprint density at radius 2 is 1.78 bits per heavy atom. The van der Waals surface area contributed by atoms with Crippen molar-refractivity contribution in [1.82, 2.24) is 5.32 Å². The van der Waals surface area contributed by atoms with Gasteiger partial charge in [-0.25, -0.2) is 0 Å². The Morgan fingerprint density at radius 1 is 1.07 bits per heavy atom. The smallest absolute Gasteiger partial charge is 0.252 e. The zero-order valence-electron chi connectivity index (χ0n) is 15.8. The number of piperidine rings is 1. The molecule has 4 heteroatoms. The standard InChI is InChI=1S/C23H24N2O2/c1-17-14-18(2)16-20(15-17)23(27)24-12-5-6-19-8-10-21(11-9-19)25-13-4-3-7-22(25)26/h8-11,14-16H,3-4,7,12-13H2,1-2H3,(H,24,27). The Labute approximate surface area is 160 Å². The molecule has 2 aromatic carbocycles. The Balaban J connectivity index is 1.56. The van der Waals surface area contributed by atoms with E-state index in [1.165, 1.54) is 0 Å². The zero-order valence-corrected chi connectivity index (χ0v) is 15.8. The van der Waals surface area contributed by atoms with Gasteiger partial charge in [0.15, 0.2) is 0 Å². The summed E-state index contributed by atoms with van der Waals surface area (Å²) in [6.45, 7) is 5.03. The molecule has 1 fully saturated rings. The first-order valence-electron chi connectivity index (χ1n) is 9.29. The summed E-state index contributed by atoms with van der Waals surface area (Å²) in [5, 5.41) is 2.83. The second kappa shape index (κ2) is 8.55. The third kappa shape index (κ3) is 4.98. The number of carbonyl (C=O) groups is 2. The fourth-order valence-electron chi connectivity index (χ4n) is 3.28. The summed E-state index contributed by atoms with van der Waals surface area (Å²) in [7, 11) is 0. The molecule has 0 aromatic heterocycles. The van der Waals surface area contributed by atoms with Crippen LogP contribution in [0.2, 0.25) is 0 Å². The molecule has 2 amide bonds. The zero-order chi connectivity index (χ0) is 19.2. The van der Waals surface area contributed by atoms with Crippen molar-refractivity contribution in [1.29, 1.82) is 0 Å². The first kappa shape index (κ1) is 18.7. The topological polar surface area (TPSA) is 49.4 Å². The van der Waals surface area contributed by atoms with Crippen LogP contribution in [0.4, 0.5) is 5.69 Å². The molecular formula is C23H24N2O2. The molecule has 138 valence electrons. The molecule has 0 atom stereocenters. The minimum absolute atomic E-state index is 0.116. The van der Waals surface area contributed by atoms with Gasteiger partial charge in [-0.2, -0.15) is 0 Å². The number of nitrogens with zero attached hydrogens (tertiary/aromatic N) is 1. The Hall–Kier alpha value is -3.06. The number of hydrogen-bond donors (Lipinski definition) is 1. The van der Waals surface area contributed by atoms with Crippen molar-refractivity contribution in [2.75, 3.05) is 18.0 Å². The van der Waals surface area contributed by atoms with Crippen molar-refractivity contribution in [2.45, 2.75) is 33.1 Å². The minimum atomic E-state index is -0.116. The van der Waals surface area contributed by atoms with Crippen LogP contribution in [0.25, 0.3) is 0 Å². The van der Waals surface area contributed by atoms with E-state index in [1.54, 1.807) is 0 Å². The highest BCUT2D eigenvalue weighted by Gasteiger charge is 2.19. The largest absolute Gasteiger partial charge is 0.341 e. The van der Waals surface area contributed by atoms with Crippen molar-refractivity contribution in [2.24, 2.45) is 0 Å². The Bertz CT molecular complexity index is 884. The molecule has 1 aliphatic heterocycles. The van der Waals surface area contributed by atoms with Crippen molar-refractivity contribution < 1.29 is 9.59 Å². The average molecular weight is 360 g/mol. The van der Waals surface area contributed by atoms with Gasteiger partial charge in [0.2, 0.25) is 5.91 Å². The van der Waals surface area contributed by atoms with Crippen LogP contribution in [0.3, 0.4) is 0 Å². The monoisotopic (exact) mass is 360 g/mol. The predicted molar refractivity (Wildman–Crippen MR) is 108 cm³/mol. The van der Waals surface area contributed by atoms with Crippen molar-refractivity contribution in [3.05, 3.63) is 64.7 Å². The van der Waals surface area contributed by atoms with Crippen LogP contribution in [-0.2, 0) is 4.79 Å². The quantitative estimate of drug-likeness (QED) is 0.850. The maximum absolute atomic E-state index is 12.2. The molecule has 0 spiro atoms. The summed E-state index contributed by atoms with van der Waals surface area (Å²) in [6, 6.07) is 13.5. The molecule has 0 aliphatic carbocycles. The van der Waals surface area contributed by atoms with Gasteiger partial charge < -0.3 is 10.2 Å². The normalized spacial score (nSPS) is 13.7. The van der Waals surface area contributed by atoms with Crippen LogP contribution in [0, 0.1) is 25.7 Å². The van der Waals surface area contributed by atoms with Crippen molar-refractivity contribution in [3.63, 3.8) is 0 Å². The van der Waals surface area contributed by atoms with E-state index in [0.717, 1.165) is 41.8 Å². The lowest BCUT2D eigenvalue weighted by Gasteiger charge is -2.26. The average Bonchev–Trinajstić information content (AvgIpc) is 2.65. The molecule has 0 unspecified atom stereocenters. The summed E-state index contributed by atoms with van der Waals surface area (Å²) in [5.41, 5.74) is 4.58. The summed E-state index contributed by atoms with van der Waals surface area (Å²) in [4.78, 5) is 26.0. The number of aryl methyl sites for hydroxylation is 2. The molecule has 1 saturated heterocycles. The van der Waals surface area contributed by atoms with Gasteiger partial charge in [0.05, 0.1) is 6.54 Å². The number of anilines is 1. The number of amides is 2. The van der Waals surface area contributed by atoms with E-state index < -0.39 is 0 Å². The molecule has 0 radical (unpaired) electrons. The van der Waals surface area contributed by atoms with Crippen molar-refractivity contribution >= 4 is 17.5 Å². The highest BCUT2D eigenvalue weighted by Crippen LogP contribution is 2.21. The lowest BCUT2D eigenvalue weighted by molar-refractivity contribution is -0.119. The lowest BCUT2D eigenvalue weighted by atomic mass is 10.1. The third-order valence-electron chi connectivity index (χ3n) is 4.56. The van der Waals surface area contributed by atoms with E-state index in [4.69, 9.17) is 0 Å². The number of benzene rings is 2. The number of nitrogens with one attached hydrogen (secondary N) is 1. The summed E-state index contributed by atoms with van der Waals surface area (Å²) in [5.74, 6) is 6.10. The molecule has 1 aliphatic rings. The molecule has 2 aromatic rings. The summed E-state index contributed by atoms with van der Waals surface area (Å²) < 4.78 is 0. The third-order valence-corrected chi connectivity index (χ3v) is 4.56. The molecular weight excluding hydrogens is 336 g/mol. The van der Waals surface area contributed by atoms with Gasteiger partial charge in [0.25, 0.3) is 5.91 Å². The van der Waals surface area contributed by atoms with Gasteiger partial charge in [0.1, 0.15) is 0 Å². The molecule has 1 heterocycles. The van der Waals surface area contributed by atoms with Crippen LogP contribution >= 0.6 is 0 Å². The van der Waals surface area contributed by atoms with Crippen LogP contribution in [-0.4, -0.2) is 24.9 Å². The fourth-order valence-corrected chi connectivity index (χ4v) is 3.28. The van der Waals surface area contributed by atoms with E-state index >= 15 is 0 Å². The highest BCUT2D eigenvalue weighted by molar-refractivity contribution is 5.95. The number of rotatable bonds is 3. The Morgan fingerprint density at radius 3 is 2.44 bits per heavy atom. The Kier molecular flexibility index (Phi) is 5.93. The maximum atomic E-state index is 12.2. The SMILES string of the molecule is Cc1cc(C)cc(C(=O)NCC#Cc2ccc(N3CCCCC3=O)cc2)c1. The fraction of sp³-hybridized carbons (Fsp3) is 0.304. The van der Waals surface area contributed by atoms with Gasteiger partial charge in [0, 0.05) is 29.8 Å². The van der Waals surface area contributed by atoms with Crippen LogP contribution < -0.4 is 10.2 Å².